The number of nitrogens with one attached hydrogen (secondary N) is 1. The van der Waals surface area contributed by atoms with Gasteiger partial charge in [-0.05, 0) is 56.9 Å². The van der Waals surface area contributed by atoms with E-state index in [9.17, 15) is 4.79 Å². The van der Waals surface area contributed by atoms with Crippen molar-refractivity contribution in [2.24, 2.45) is 0 Å². The fourth-order valence-electron chi connectivity index (χ4n) is 4.77. The van der Waals surface area contributed by atoms with Crippen LogP contribution in [0.15, 0.2) is 91.0 Å². The van der Waals surface area contributed by atoms with Crippen LogP contribution in [0.5, 0.6) is 0 Å². The smallest absolute Gasteiger partial charge is 0.338 e. The first-order chi connectivity index (χ1) is 15.3. The normalized spacial score (nSPS) is 11.5. The number of methoxy groups -OCH3 is 1. The molecule has 5 aromatic carbocycles. The average Bonchev–Trinajstić information content (AvgIpc) is 3.21. The topological polar surface area (TPSA) is 42.1 Å². The fourth-order valence-corrected chi connectivity index (χ4v) is 4.77. The number of benzene rings is 5. The SMILES string of the molecule is COC(=O)c1ccccc1-c1cc2ccc3[nH]c4ccccc4c3c2c2ccccc12. The van der Waals surface area contributed by atoms with Gasteiger partial charge in [-0.1, -0.05) is 66.7 Å². The summed E-state index contributed by atoms with van der Waals surface area (Å²) in [7, 11) is 1.42. The number of carbonyl (C=O) groups is 1. The molecule has 1 N–H and O–H groups in total. The summed E-state index contributed by atoms with van der Waals surface area (Å²) in [6, 6.07) is 31.0. The second-order valence-corrected chi connectivity index (χ2v) is 7.76. The summed E-state index contributed by atoms with van der Waals surface area (Å²) >= 11 is 0. The number of hydrogen-bond donors (Lipinski definition) is 1. The predicted octanol–water partition coefficient (Wildman–Crippen LogP) is 7.08. The third-order valence-corrected chi connectivity index (χ3v) is 6.11. The summed E-state index contributed by atoms with van der Waals surface area (Å²) in [6.45, 7) is 0. The summed E-state index contributed by atoms with van der Waals surface area (Å²) in [6.07, 6.45) is 0. The van der Waals surface area contributed by atoms with Crippen molar-refractivity contribution in [1.82, 2.24) is 4.98 Å². The number of rotatable bonds is 2. The summed E-state index contributed by atoms with van der Waals surface area (Å²) in [5.41, 5.74) is 4.74. The average molecular weight is 401 g/mol. The Hall–Kier alpha value is -4.11. The van der Waals surface area contributed by atoms with E-state index in [2.05, 4.69) is 65.6 Å². The minimum absolute atomic E-state index is 0.327. The Morgan fingerprint density at radius 2 is 1.39 bits per heavy atom. The number of para-hydroxylation sites is 1. The lowest BCUT2D eigenvalue weighted by Crippen LogP contribution is -2.03. The van der Waals surface area contributed by atoms with Crippen molar-refractivity contribution in [3.05, 3.63) is 96.6 Å². The Kier molecular flexibility index (Phi) is 3.84. The summed E-state index contributed by atoms with van der Waals surface area (Å²) in [5.74, 6) is -0.327. The highest BCUT2D eigenvalue weighted by atomic mass is 16.5. The number of esters is 1. The third kappa shape index (κ3) is 2.57. The molecule has 3 nitrogen and oxygen atoms in total. The fraction of sp³-hybridized carbons (Fsp3) is 0.0357. The monoisotopic (exact) mass is 401 g/mol. The van der Waals surface area contributed by atoms with Crippen molar-refractivity contribution in [3.8, 4) is 11.1 Å². The van der Waals surface area contributed by atoms with Crippen LogP contribution in [-0.4, -0.2) is 18.1 Å². The van der Waals surface area contributed by atoms with Crippen LogP contribution in [0, 0.1) is 0 Å². The highest BCUT2D eigenvalue weighted by Gasteiger charge is 2.18. The maximum atomic E-state index is 12.5. The minimum Gasteiger partial charge on any atom is -0.465 e. The van der Waals surface area contributed by atoms with Gasteiger partial charge in [-0.3, -0.25) is 0 Å². The highest BCUT2D eigenvalue weighted by Crippen LogP contribution is 2.41. The molecule has 0 spiro atoms. The first-order valence-corrected chi connectivity index (χ1v) is 10.3. The van der Waals surface area contributed by atoms with Gasteiger partial charge in [-0.25, -0.2) is 4.79 Å². The zero-order valence-electron chi connectivity index (χ0n) is 17.0. The van der Waals surface area contributed by atoms with Crippen LogP contribution >= 0.6 is 0 Å². The van der Waals surface area contributed by atoms with Crippen LogP contribution < -0.4 is 0 Å². The van der Waals surface area contributed by atoms with Gasteiger partial charge >= 0.3 is 5.97 Å². The van der Waals surface area contributed by atoms with Gasteiger partial charge in [0.15, 0.2) is 0 Å². The molecule has 0 amide bonds. The number of fused-ring (bicyclic) bond motifs is 7. The Morgan fingerprint density at radius 3 is 2.23 bits per heavy atom. The second-order valence-electron chi connectivity index (χ2n) is 7.76. The van der Waals surface area contributed by atoms with Crippen LogP contribution in [0.2, 0.25) is 0 Å². The second kappa shape index (κ2) is 6.71. The van der Waals surface area contributed by atoms with Gasteiger partial charge < -0.3 is 9.72 Å². The predicted molar refractivity (Wildman–Crippen MR) is 128 cm³/mol. The third-order valence-electron chi connectivity index (χ3n) is 6.11. The van der Waals surface area contributed by atoms with E-state index >= 15 is 0 Å². The standard InChI is InChI=1S/C28H19NO2/c1-31-28(30)21-11-5-3-9-19(21)23-16-17-14-15-25-27(22-12-6-7-13-24(22)29-25)26(17)20-10-4-2-8-18(20)23/h2-16,29H,1H3. The van der Waals surface area contributed by atoms with Gasteiger partial charge in [0.25, 0.3) is 0 Å². The van der Waals surface area contributed by atoms with Crippen LogP contribution in [0.25, 0.3) is 54.5 Å². The molecule has 148 valence electrons. The molecule has 6 aromatic rings. The Bertz CT molecular complexity index is 1640. The lowest BCUT2D eigenvalue weighted by atomic mass is 9.89. The van der Waals surface area contributed by atoms with E-state index in [1.807, 2.05) is 30.3 Å². The van der Waals surface area contributed by atoms with Crippen LogP contribution in [0.3, 0.4) is 0 Å². The molecule has 0 aliphatic heterocycles. The number of aromatic amines is 1. The zero-order valence-corrected chi connectivity index (χ0v) is 17.0. The maximum Gasteiger partial charge on any atom is 0.338 e. The highest BCUT2D eigenvalue weighted by molar-refractivity contribution is 6.29. The molecule has 0 bridgehead atoms. The van der Waals surface area contributed by atoms with E-state index in [1.54, 1.807) is 0 Å². The molecular formula is C28H19NO2. The van der Waals surface area contributed by atoms with Crippen LogP contribution in [-0.2, 0) is 4.74 Å². The van der Waals surface area contributed by atoms with E-state index in [-0.39, 0.29) is 5.97 Å². The molecule has 6 rings (SSSR count). The molecule has 31 heavy (non-hydrogen) atoms. The zero-order chi connectivity index (χ0) is 20.9. The summed E-state index contributed by atoms with van der Waals surface area (Å²) < 4.78 is 5.05. The van der Waals surface area contributed by atoms with E-state index in [0.29, 0.717) is 5.56 Å². The first kappa shape index (κ1) is 17.7. The molecule has 1 aromatic heterocycles. The lowest BCUT2D eigenvalue weighted by molar-refractivity contribution is 0.0601. The lowest BCUT2D eigenvalue weighted by Gasteiger charge is -2.14. The summed E-state index contributed by atoms with van der Waals surface area (Å²) in [5, 5.41) is 7.11. The van der Waals surface area contributed by atoms with E-state index in [0.717, 1.165) is 32.9 Å². The molecule has 0 aliphatic rings. The molecule has 0 saturated carbocycles. The molecule has 0 fully saturated rings. The number of H-pyrrole nitrogens is 1. The maximum absolute atomic E-state index is 12.5. The molecule has 1 heterocycles. The van der Waals surface area contributed by atoms with E-state index < -0.39 is 0 Å². The first-order valence-electron chi connectivity index (χ1n) is 10.3. The van der Waals surface area contributed by atoms with Crippen molar-refractivity contribution in [3.63, 3.8) is 0 Å². The van der Waals surface area contributed by atoms with E-state index in [4.69, 9.17) is 4.74 Å². The number of hydrogen-bond acceptors (Lipinski definition) is 2. The van der Waals surface area contributed by atoms with Crippen molar-refractivity contribution in [2.75, 3.05) is 7.11 Å². The van der Waals surface area contributed by atoms with Crippen molar-refractivity contribution >= 4 is 49.3 Å². The minimum atomic E-state index is -0.327. The van der Waals surface area contributed by atoms with Crippen LogP contribution in [0.4, 0.5) is 0 Å². The Labute approximate surface area is 178 Å². The molecular weight excluding hydrogens is 382 g/mol. The molecule has 3 heteroatoms. The van der Waals surface area contributed by atoms with Crippen molar-refractivity contribution in [2.45, 2.75) is 0 Å². The molecule has 0 unspecified atom stereocenters. The van der Waals surface area contributed by atoms with Gasteiger partial charge in [0.1, 0.15) is 0 Å². The number of aromatic nitrogens is 1. The number of ether oxygens (including phenoxy) is 1. The van der Waals surface area contributed by atoms with E-state index in [1.165, 1.54) is 28.7 Å². The van der Waals surface area contributed by atoms with Gasteiger partial charge in [-0.2, -0.15) is 0 Å². The number of carbonyl (C=O) groups excluding carboxylic acids is 1. The van der Waals surface area contributed by atoms with Gasteiger partial charge in [0, 0.05) is 21.8 Å². The van der Waals surface area contributed by atoms with Crippen molar-refractivity contribution < 1.29 is 9.53 Å². The van der Waals surface area contributed by atoms with Gasteiger partial charge in [0.2, 0.25) is 0 Å². The Morgan fingerprint density at radius 1 is 0.677 bits per heavy atom. The Balaban J connectivity index is 1.80. The molecule has 0 aliphatic carbocycles. The molecule has 0 atom stereocenters. The van der Waals surface area contributed by atoms with Gasteiger partial charge in [0.05, 0.1) is 12.7 Å². The summed E-state index contributed by atoms with van der Waals surface area (Å²) in [4.78, 5) is 16.0. The quantitative estimate of drug-likeness (QED) is 0.249. The molecule has 0 saturated heterocycles. The van der Waals surface area contributed by atoms with Crippen molar-refractivity contribution in [1.29, 1.82) is 0 Å². The largest absolute Gasteiger partial charge is 0.465 e. The van der Waals surface area contributed by atoms with Crippen LogP contribution in [0.1, 0.15) is 10.4 Å². The molecule has 0 radical (unpaired) electrons. The van der Waals surface area contributed by atoms with Gasteiger partial charge in [-0.15, -0.1) is 0 Å².